The van der Waals surface area contributed by atoms with Crippen LogP contribution in [-0.2, 0) is 0 Å². The molecule has 0 radical (unpaired) electrons. The van der Waals surface area contributed by atoms with Gasteiger partial charge in [-0.3, -0.25) is 9.97 Å². The summed E-state index contributed by atoms with van der Waals surface area (Å²) < 4.78 is 0. The highest BCUT2D eigenvalue weighted by atomic mass is 32.1. The van der Waals surface area contributed by atoms with Gasteiger partial charge in [0.15, 0.2) is 0 Å². The van der Waals surface area contributed by atoms with Crippen LogP contribution >= 0.6 is 11.3 Å². The lowest BCUT2D eigenvalue weighted by molar-refractivity contribution is 0.619. The van der Waals surface area contributed by atoms with E-state index in [0.29, 0.717) is 0 Å². The summed E-state index contributed by atoms with van der Waals surface area (Å²) in [5.74, 6) is 0. The zero-order valence-corrected chi connectivity index (χ0v) is 10.3. The first-order chi connectivity index (χ1) is 7.83. The van der Waals surface area contributed by atoms with Crippen LogP contribution in [0.1, 0.15) is 29.1 Å². The molecule has 2 aromatic rings. The molecule has 0 saturated heterocycles. The maximum atomic E-state index is 4.38. The highest BCUT2D eigenvalue weighted by Crippen LogP contribution is 2.27. The van der Waals surface area contributed by atoms with Gasteiger partial charge >= 0.3 is 0 Å². The molecule has 1 atom stereocenters. The maximum absolute atomic E-state index is 4.38. The number of hydrogen-bond donors (Lipinski definition) is 1. The summed E-state index contributed by atoms with van der Waals surface area (Å²) in [5.41, 5.74) is 2.29. The summed E-state index contributed by atoms with van der Waals surface area (Å²) in [4.78, 5) is 9.83. The van der Waals surface area contributed by atoms with Crippen LogP contribution in [0.25, 0.3) is 0 Å². The predicted octanol–water partition coefficient (Wildman–Crippen LogP) is 2.55. The van der Waals surface area contributed by atoms with E-state index in [1.807, 2.05) is 6.20 Å². The third-order valence-electron chi connectivity index (χ3n) is 2.45. The highest BCUT2D eigenvalue weighted by Gasteiger charge is 2.17. The smallest absolute Gasteiger partial charge is 0.0863 e. The van der Waals surface area contributed by atoms with Crippen molar-refractivity contribution in [2.24, 2.45) is 0 Å². The van der Waals surface area contributed by atoms with Gasteiger partial charge in [0.1, 0.15) is 0 Å². The first-order valence-corrected chi connectivity index (χ1v) is 6.24. The molecule has 0 aromatic carbocycles. The van der Waals surface area contributed by atoms with Crippen LogP contribution in [0.15, 0.2) is 30.0 Å². The summed E-state index contributed by atoms with van der Waals surface area (Å²) in [6, 6.07) is 2.31. The summed E-state index contributed by atoms with van der Waals surface area (Å²) in [6.45, 7) is 5.15. The second-order valence-electron chi connectivity index (χ2n) is 3.59. The fourth-order valence-electron chi connectivity index (χ4n) is 1.68. The van der Waals surface area contributed by atoms with Gasteiger partial charge in [-0.1, -0.05) is 6.92 Å². The van der Waals surface area contributed by atoms with E-state index >= 15 is 0 Å². The molecule has 0 saturated carbocycles. The Hall–Kier alpha value is -1.26. The van der Waals surface area contributed by atoms with Gasteiger partial charge in [0.2, 0.25) is 0 Å². The van der Waals surface area contributed by atoms with Crippen molar-refractivity contribution in [2.45, 2.75) is 19.9 Å². The molecule has 0 bridgehead atoms. The number of rotatable bonds is 4. The minimum atomic E-state index is 0.165. The zero-order valence-electron chi connectivity index (χ0n) is 9.47. The fourth-order valence-corrected chi connectivity index (χ4v) is 2.69. The molecule has 0 spiro atoms. The van der Waals surface area contributed by atoms with Crippen LogP contribution < -0.4 is 5.32 Å². The molecule has 1 unspecified atom stereocenters. The Balaban J connectivity index is 2.35. The molecule has 2 aromatic heterocycles. The number of hydrogen-bond acceptors (Lipinski definition) is 4. The summed E-state index contributed by atoms with van der Waals surface area (Å²) in [6.07, 6.45) is 5.27. The monoisotopic (exact) mass is 233 g/mol. The normalized spacial score (nSPS) is 12.6. The molecule has 0 amide bonds. The average Bonchev–Trinajstić information content (AvgIpc) is 2.73. The average molecular weight is 233 g/mol. The van der Waals surface area contributed by atoms with Gasteiger partial charge < -0.3 is 5.32 Å². The highest BCUT2D eigenvalue weighted by molar-refractivity contribution is 7.10. The van der Waals surface area contributed by atoms with Crippen LogP contribution in [0, 0.1) is 6.92 Å². The van der Waals surface area contributed by atoms with Crippen LogP contribution in [0.4, 0.5) is 0 Å². The topological polar surface area (TPSA) is 37.8 Å². The van der Waals surface area contributed by atoms with E-state index in [2.05, 4.69) is 40.6 Å². The molecule has 1 N–H and O–H groups in total. The van der Waals surface area contributed by atoms with Gasteiger partial charge in [-0.05, 0) is 30.5 Å². The van der Waals surface area contributed by atoms with Crippen LogP contribution in [0.5, 0.6) is 0 Å². The molecule has 2 heterocycles. The van der Waals surface area contributed by atoms with Gasteiger partial charge in [-0.15, -0.1) is 11.3 Å². The van der Waals surface area contributed by atoms with Crippen molar-refractivity contribution in [3.8, 4) is 0 Å². The van der Waals surface area contributed by atoms with Crippen molar-refractivity contribution in [2.75, 3.05) is 6.54 Å². The Morgan fingerprint density at radius 1 is 1.44 bits per heavy atom. The predicted molar refractivity (Wildman–Crippen MR) is 66.6 cm³/mol. The number of aromatic nitrogens is 2. The van der Waals surface area contributed by atoms with Crippen molar-refractivity contribution in [3.63, 3.8) is 0 Å². The Morgan fingerprint density at radius 3 is 2.88 bits per heavy atom. The Labute approximate surface area is 99.6 Å². The quantitative estimate of drug-likeness (QED) is 0.882. The third-order valence-corrected chi connectivity index (χ3v) is 3.53. The Kier molecular flexibility index (Phi) is 3.64. The van der Waals surface area contributed by atoms with Crippen LogP contribution in [0.2, 0.25) is 0 Å². The zero-order chi connectivity index (χ0) is 11.4. The van der Waals surface area contributed by atoms with E-state index in [1.54, 1.807) is 23.7 Å². The molecule has 4 heteroatoms. The lowest BCUT2D eigenvalue weighted by atomic mass is 10.1. The molecule has 2 rings (SSSR count). The number of nitrogens with zero attached hydrogens (tertiary/aromatic N) is 2. The van der Waals surface area contributed by atoms with Gasteiger partial charge in [0.05, 0.1) is 17.9 Å². The van der Waals surface area contributed by atoms with Crippen molar-refractivity contribution in [1.82, 2.24) is 15.3 Å². The lowest BCUT2D eigenvalue weighted by Gasteiger charge is -2.16. The van der Waals surface area contributed by atoms with E-state index in [0.717, 1.165) is 12.2 Å². The third kappa shape index (κ3) is 2.28. The molecular weight excluding hydrogens is 218 g/mol. The van der Waals surface area contributed by atoms with Crippen molar-refractivity contribution >= 4 is 11.3 Å². The molecule has 16 heavy (non-hydrogen) atoms. The van der Waals surface area contributed by atoms with Gasteiger partial charge in [0, 0.05) is 17.3 Å². The second-order valence-corrected chi connectivity index (χ2v) is 4.54. The fraction of sp³-hybridized carbons (Fsp3) is 0.333. The summed E-state index contributed by atoms with van der Waals surface area (Å²) in [5, 5.41) is 5.57. The molecule has 84 valence electrons. The summed E-state index contributed by atoms with van der Waals surface area (Å²) >= 11 is 1.76. The number of nitrogens with one attached hydrogen (secondary N) is 1. The number of aryl methyl sites for hydroxylation is 1. The van der Waals surface area contributed by atoms with E-state index in [9.17, 15) is 0 Å². The van der Waals surface area contributed by atoms with Crippen molar-refractivity contribution in [1.29, 1.82) is 0 Å². The molecule has 0 aliphatic carbocycles. The molecule has 0 aliphatic rings. The van der Waals surface area contributed by atoms with Crippen LogP contribution in [-0.4, -0.2) is 16.5 Å². The summed E-state index contributed by atoms with van der Waals surface area (Å²) in [7, 11) is 0. The Morgan fingerprint density at radius 2 is 2.31 bits per heavy atom. The van der Waals surface area contributed by atoms with Crippen LogP contribution in [0.3, 0.4) is 0 Å². The molecule has 0 aliphatic heterocycles. The Bertz CT molecular complexity index is 439. The largest absolute Gasteiger partial charge is 0.305 e. The number of thiophene rings is 1. The van der Waals surface area contributed by atoms with E-state index < -0.39 is 0 Å². The van der Waals surface area contributed by atoms with Crippen molar-refractivity contribution in [3.05, 3.63) is 46.2 Å². The lowest BCUT2D eigenvalue weighted by Crippen LogP contribution is -2.22. The van der Waals surface area contributed by atoms with Crippen molar-refractivity contribution < 1.29 is 0 Å². The molecule has 0 fully saturated rings. The van der Waals surface area contributed by atoms with E-state index in [-0.39, 0.29) is 6.04 Å². The first kappa shape index (κ1) is 11.2. The molecule has 3 nitrogen and oxygen atoms in total. The minimum absolute atomic E-state index is 0.165. The molecular formula is C12H15N3S. The SMILES string of the molecule is CCNC(c1cnccn1)c1sccc1C. The maximum Gasteiger partial charge on any atom is 0.0863 e. The second kappa shape index (κ2) is 5.18. The minimum Gasteiger partial charge on any atom is -0.305 e. The van der Waals surface area contributed by atoms with E-state index in [4.69, 9.17) is 0 Å². The standard InChI is InChI=1S/C12H15N3S/c1-3-14-11(10-8-13-5-6-15-10)12-9(2)4-7-16-12/h4-8,11,14H,3H2,1-2H3. The van der Waals surface area contributed by atoms with Gasteiger partial charge in [0.25, 0.3) is 0 Å². The van der Waals surface area contributed by atoms with Gasteiger partial charge in [-0.25, -0.2) is 0 Å². The first-order valence-electron chi connectivity index (χ1n) is 5.36. The van der Waals surface area contributed by atoms with Gasteiger partial charge in [-0.2, -0.15) is 0 Å². The van der Waals surface area contributed by atoms with E-state index in [1.165, 1.54) is 10.4 Å².